The van der Waals surface area contributed by atoms with Crippen molar-refractivity contribution in [1.82, 2.24) is 5.32 Å². The lowest BCUT2D eigenvalue weighted by molar-refractivity contribution is -0.133. The average molecular weight is 346 g/mol. The number of hydrogen-bond donors (Lipinski definition) is 2. The van der Waals surface area contributed by atoms with Crippen LogP contribution in [0.5, 0.6) is 0 Å². The Morgan fingerprint density at radius 1 is 1.32 bits per heavy atom. The molecule has 1 atom stereocenters. The zero-order valence-electron chi connectivity index (χ0n) is 10.6. The second kappa shape index (κ2) is 8.22. The van der Waals surface area contributed by atoms with Crippen molar-refractivity contribution in [2.24, 2.45) is 0 Å². The molecule has 0 fully saturated rings. The Kier molecular flexibility index (Phi) is 6.94. The number of carboxylic acid groups (broad SMARTS) is 1. The summed E-state index contributed by atoms with van der Waals surface area (Å²) in [4.78, 5) is 21.9. The first-order chi connectivity index (χ1) is 8.97. The van der Waals surface area contributed by atoms with Crippen molar-refractivity contribution in [3.8, 4) is 0 Å². The van der Waals surface area contributed by atoms with E-state index in [2.05, 4.69) is 21.2 Å². The summed E-state index contributed by atoms with van der Waals surface area (Å²) in [6, 6.07) is 7.97. The number of thioether (sulfide) groups is 1. The van der Waals surface area contributed by atoms with Gasteiger partial charge in [0.25, 0.3) is 0 Å². The van der Waals surface area contributed by atoms with Gasteiger partial charge in [0, 0.05) is 10.5 Å². The number of hydrogen-bond acceptors (Lipinski definition) is 3. The van der Waals surface area contributed by atoms with Gasteiger partial charge in [0.05, 0.1) is 11.5 Å². The highest BCUT2D eigenvalue weighted by Gasteiger charge is 2.09. The highest BCUT2D eigenvalue weighted by Crippen LogP contribution is 2.12. The van der Waals surface area contributed by atoms with Gasteiger partial charge in [0.2, 0.25) is 5.91 Å². The van der Waals surface area contributed by atoms with Crippen LogP contribution in [-0.2, 0) is 16.0 Å². The van der Waals surface area contributed by atoms with Crippen LogP contribution < -0.4 is 5.32 Å². The fourth-order valence-corrected chi connectivity index (χ4v) is 2.38. The number of benzene rings is 1. The number of carbonyl (C=O) groups excluding carboxylic acids is 1. The van der Waals surface area contributed by atoms with Crippen molar-refractivity contribution in [1.29, 1.82) is 0 Å². The molecule has 1 aromatic carbocycles. The number of halogens is 1. The molecule has 19 heavy (non-hydrogen) atoms. The number of nitrogens with one attached hydrogen (secondary N) is 1. The van der Waals surface area contributed by atoms with Crippen LogP contribution in [-0.4, -0.2) is 34.5 Å². The fourth-order valence-electron chi connectivity index (χ4n) is 1.57. The Hall–Kier alpha value is -1.01. The van der Waals surface area contributed by atoms with Crippen molar-refractivity contribution in [2.45, 2.75) is 19.4 Å². The van der Waals surface area contributed by atoms with E-state index in [1.165, 1.54) is 0 Å². The monoisotopic (exact) mass is 345 g/mol. The van der Waals surface area contributed by atoms with Crippen molar-refractivity contribution in [3.63, 3.8) is 0 Å². The van der Waals surface area contributed by atoms with Gasteiger partial charge in [-0.2, -0.15) is 0 Å². The van der Waals surface area contributed by atoms with E-state index < -0.39 is 5.97 Å². The second-order valence-electron chi connectivity index (χ2n) is 4.19. The predicted molar refractivity (Wildman–Crippen MR) is 80.4 cm³/mol. The van der Waals surface area contributed by atoms with Crippen LogP contribution in [0.1, 0.15) is 12.5 Å². The van der Waals surface area contributed by atoms with Gasteiger partial charge < -0.3 is 10.4 Å². The minimum absolute atomic E-state index is 0.0269. The van der Waals surface area contributed by atoms with Crippen LogP contribution in [0, 0.1) is 0 Å². The molecule has 0 saturated carbocycles. The van der Waals surface area contributed by atoms with Gasteiger partial charge in [-0.3, -0.25) is 9.59 Å². The standard InChI is InChI=1S/C13H16BrNO3S/c1-9(6-10-2-4-11(14)5-3-10)15-12(16)7-19-8-13(17)18/h2-5,9H,6-8H2,1H3,(H,15,16)(H,17,18). The van der Waals surface area contributed by atoms with Gasteiger partial charge in [-0.1, -0.05) is 28.1 Å². The van der Waals surface area contributed by atoms with Crippen LogP contribution >= 0.6 is 27.7 Å². The Bertz CT molecular complexity index is 436. The van der Waals surface area contributed by atoms with Crippen LogP contribution in [0.25, 0.3) is 0 Å². The maximum atomic E-state index is 11.5. The molecule has 0 saturated heterocycles. The predicted octanol–water partition coefficient (Wildman–Crippen LogP) is 2.31. The molecule has 104 valence electrons. The summed E-state index contributed by atoms with van der Waals surface area (Å²) < 4.78 is 1.03. The number of aliphatic carboxylic acids is 1. The van der Waals surface area contributed by atoms with E-state index >= 15 is 0 Å². The van der Waals surface area contributed by atoms with Gasteiger partial charge in [-0.25, -0.2) is 0 Å². The third kappa shape index (κ3) is 7.22. The number of rotatable bonds is 7. The first-order valence-corrected chi connectivity index (χ1v) is 7.75. The smallest absolute Gasteiger partial charge is 0.313 e. The summed E-state index contributed by atoms with van der Waals surface area (Å²) in [5.41, 5.74) is 1.15. The first-order valence-electron chi connectivity index (χ1n) is 5.80. The SMILES string of the molecule is CC(Cc1ccc(Br)cc1)NC(=O)CSCC(=O)O. The van der Waals surface area contributed by atoms with Gasteiger partial charge in [-0.05, 0) is 31.0 Å². The minimum atomic E-state index is -0.902. The van der Waals surface area contributed by atoms with E-state index in [1.807, 2.05) is 31.2 Å². The molecule has 4 nitrogen and oxygen atoms in total. The first kappa shape index (κ1) is 16.0. The maximum Gasteiger partial charge on any atom is 0.313 e. The van der Waals surface area contributed by atoms with Crippen molar-refractivity contribution >= 4 is 39.6 Å². The quantitative estimate of drug-likeness (QED) is 0.795. The Morgan fingerprint density at radius 2 is 1.95 bits per heavy atom. The molecular weight excluding hydrogens is 330 g/mol. The normalized spacial score (nSPS) is 11.9. The summed E-state index contributed by atoms with van der Waals surface area (Å²) in [5.74, 6) is -0.901. The van der Waals surface area contributed by atoms with E-state index in [0.717, 1.165) is 28.2 Å². The molecule has 1 aromatic rings. The van der Waals surface area contributed by atoms with Crippen LogP contribution in [0.2, 0.25) is 0 Å². The fraction of sp³-hybridized carbons (Fsp3) is 0.385. The molecular formula is C13H16BrNO3S. The van der Waals surface area contributed by atoms with Crippen molar-refractivity contribution in [3.05, 3.63) is 34.3 Å². The molecule has 6 heteroatoms. The molecule has 0 spiro atoms. The average Bonchev–Trinajstić information content (AvgIpc) is 2.31. The third-order valence-corrected chi connectivity index (χ3v) is 3.77. The van der Waals surface area contributed by atoms with Gasteiger partial charge >= 0.3 is 5.97 Å². The highest BCUT2D eigenvalue weighted by atomic mass is 79.9. The Balaban J connectivity index is 2.30. The summed E-state index contributed by atoms with van der Waals surface area (Å²) in [7, 11) is 0. The lowest BCUT2D eigenvalue weighted by atomic mass is 10.1. The lowest BCUT2D eigenvalue weighted by Crippen LogP contribution is -2.35. The topological polar surface area (TPSA) is 66.4 Å². The van der Waals surface area contributed by atoms with Crippen molar-refractivity contribution in [2.75, 3.05) is 11.5 Å². The summed E-state index contributed by atoms with van der Waals surface area (Å²) >= 11 is 4.47. The van der Waals surface area contributed by atoms with Gasteiger partial charge in [-0.15, -0.1) is 11.8 Å². The van der Waals surface area contributed by atoms with Gasteiger partial charge in [0.1, 0.15) is 0 Å². The molecule has 1 rings (SSSR count). The van der Waals surface area contributed by atoms with Gasteiger partial charge in [0.15, 0.2) is 0 Å². The molecule has 0 heterocycles. The van der Waals surface area contributed by atoms with Crippen LogP contribution in [0.15, 0.2) is 28.7 Å². The molecule has 1 unspecified atom stereocenters. The maximum absolute atomic E-state index is 11.5. The van der Waals surface area contributed by atoms with E-state index in [4.69, 9.17) is 5.11 Å². The zero-order chi connectivity index (χ0) is 14.3. The van der Waals surface area contributed by atoms with E-state index in [9.17, 15) is 9.59 Å². The molecule has 0 bridgehead atoms. The summed E-state index contributed by atoms with van der Waals surface area (Å²) in [6.45, 7) is 1.93. The Morgan fingerprint density at radius 3 is 2.53 bits per heavy atom. The van der Waals surface area contributed by atoms with E-state index in [0.29, 0.717) is 0 Å². The lowest BCUT2D eigenvalue weighted by Gasteiger charge is -2.13. The largest absolute Gasteiger partial charge is 0.481 e. The molecule has 0 aromatic heterocycles. The molecule has 1 amide bonds. The third-order valence-electron chi connectivity index (χ3n) is 2.32. The van der Waals surface area contributed by atoms with E-state index in [1.54, 1.807) is 0 Å². The number of amides is 1. The van der Waals surface area contributed by atoms with Crippen LogP contribution in [0.3, 0.4) is 0 Å². The summed E-state index contributed by atoms with van der Waals surface area (Å²) in [5, 5.41) is 11.3. The number of carbonyl (C=O) groups is 2. The van der Waals surface area contributed by atoms with E-state index in [-0.39, 0.29) is 23.5 Å². The number of carboxylic acids is 1. The minimum Gasteiger partial charge on any atom is -0.481 e. The van der Waals surface area contributed by atoms with Crippen LogP contribution in [0.4, 0.5) is 0 Å². The second-order valence-corrected chi connectivity index (χ2v) is 6.09. The molecule has 2 N–H and O–H groups in total. The molecule has 0 aliphatic carbocycles. The highest BCUT2D eigenvalue weighted by molar-refractivity contribution is 9.10. The zero-order valence-corrected chi connectivity index (χ0v) is 13.0. The molecule has 0 aliphatic heterocycles. The Labute approximate surface area is 125 Å². The van der Waals surface area contributed by atoms with Crippen molar-refractivity contribution < 1.29 is 14.7 Å². The summed E-state index contributed by atoms with van der Waals surface area (Å²) in [6.07, 6.45) is 0.753. The molecule has 0 radical (unpaired) electrons. The molecule has 0 aliphatic rings.